The summed E-state index contributed by atoms with van der Waals surface area (Å²) in [5, 5.41) is 8.94. The quantitative estimate of drug-likeness (QED) is 0.589. The summed E-state index contributed by atoms with van der Waals surface area (Å²) in [5.41, 5.74) is 11.2. The lowest BCUT2D eigenvalue weighted by Crippen LogP contribution is -2.57. The van der Waals surface area contributed by atoms with Gasteiger partial charge in [0.25, 0.3) is 0 Å². The highest BCUT2D eigenvalue weighted by Crippen LogP contribution is 2.39. The molecule has 1 atom stereocenters. The van der Waals surface area contributed by atoms with E-state index in [1.165, 1.54) is 0 Å². The molecule has 0 amide bonds. The largest absolute Gasteiger partial charge is 0.326 e. The summed E-state index contributed by atoms with van der Waals surface area (Å²) in [5.74, 6) is 0.613. The third kappa shape index (κ3) is 2.59. The highest BCUT2D eigenvalue weighted by atomic mass is 32.2. The number of hydrazone groups is 1. The van der Waals surface area contributed by atoms with Crippen molar-refractivity contribution in [2.75, 3.05) is 5.43 Å². The normalized spacial score (nSPS) is 19.9. The molecule has 8 nitrogen and oxygen atoms in total. The van der Waals surface area contributed by atoms with Gasteiger partial charge in [0.1, 0.15) is 0 Å². The molecule has 0 radical (unpaired) electrons. The molecule has 3 heterocycles. The van der Waals surface area contributed by atoms with E-state index in [1.807, 2.05) is 44.2 Å². The van der Waals surface area contributed by atoms with Crippen LogP contribution in [0.3, 0.4) is 0 Å². The van der Waals surface area contributed by atoms with Crippen LogP contribution in [0.4, 0.5) is 5.82 Å². The van der Waals surface area contributed by atoms with E-state index in [0.29, 0.717) is 5.82 Å². The highest BCUT2D eigenvalue weighted by Gasteiger charge is 2.50. The molecule has 0 saturated heterocycles. The zero-order valence-electron chi connectivity index (χ0n) is 16.4. The molecule has 5 rings (SSSR count). The molecule has 0 aliphatic carbocycles. The third-order valence-electron chi connectivity index (χ3n) is 5.30. The minimum atomic E-state index is -3.91. The average Bonchev–Trinajstić information content (AvgIpc) is 3.34. The molecular formula is C21H20N6O2S. The lowest BCUT2D eigenvalue weighted by Gasteiger charge is -2.33. The number of nitrogens with one attached hydrogen (secondary N) is 3. The van der Waals surface area contributed by atoms with E-state index in [-0.39, 0.29) is 9.94 Å². The monoisotopic (exact) mass is 420 g/mol. The smallest absolute Gasteiger partial charge is 0.225 e. The topological polar surface area (TPSA) is 100 Å². The van der Waals surface area contributed by atoms with Crippen LogP contribution >= 0.6 is 0 Å². The first kappa shape index (κ1) is 18.6. The fourth-order valence-electron chi connectivity index (χ4n) is 3.81. The number of hydrazine groups is 1. The van der Waals surface area contributed by atoms with Crippen molar-refractivity contribution in [2.24, 2.45) is 5.10 Å². The summed E-state index contributed by atoms with van der Waals surface area (Å²) in [7, 11) is -3.91. The second-order valence-electron chi connectivity index (χ2n) is 7.30. The first-order valence-corrected chi connectivity index (χ1v) is 10.9. The molecule has 3 N–H and O–H groups in total. The number of sulfone groups is 1. The molecule has 30 heavy (non-hydrogen) atoms. The molecule has 2 aliphatic rings. The van der Waals surface area contributed by atoms with E-state index in [4.69, 9.17) is 0 Å². The van der Waals surface area contributed by atoms with Crippen LogP contribution in [0.5, 0.6) is 0 Å². The minimum absolute atomic E-state index is 0.0882. The van der Waals surface area contributed by atoms with E-state index in [1.54, 1.807) is 41.2 Å². The molecular weight excluding hydrogens is 400 g/mol. The summed E-state index contributed by atoms with van der Waals surface area (Å²) >= 11 is 0. The number of aryl methyl sites for hydroxylation is 2. The Labute approximate surface area is 174 Å². The SMILES string of the molecule is Cc1ccc(S(=O)(=O)C2=NNc3c(-c4ccccc4)c(C)nn3C23C=CNN3)cc1. The van der Waals surface area contributed by atoms with Crippen molar-refractivity contribution in [3.8, 4) is 11.1 Å². The fourth-order valence-corrected chi connectivity index (χ4v) is 5.31. The maximum Gasteiger partial charge on any atom is 0.225 e. The van der Waals surface area contributed by atoms with Crippen molar-refractivity contribution >= 4 is 20.7 Å². The maximum absolute atomic E-state index is 13.5. The van der Waals surface area contributed by atoms with Gasteiger partial charge in [-0.3, -0.25) is 5.43 Å². The van der Waals surface area contributed by atoms with Crippen LogP contribution in [0.25, 0.3) is 11.1 Å². The third-order valence-corrected chi connectivity index (χ3v) is 7.11. The first-order chi connectivity index (χ1) is 14.4. The van der Waals surface area contributed by atoms with E-state index in [9.17, 15) is 8.42 Å². The Kier molecular flexibility index (Phi) is 4.05. The van der Waals surface area contributed by atoms with Gasteiger partial charge >= 0.3 is 0 Å². The fraction of sp³-hybridized carbons (Fsp3) is 0.143. The Morgan fingerprint density at radius 3 is 2.40 bits per heavy atom. The molecule has 152 valence electrons. The lowest BCUT2D eigenvalue weighted by molar-refractivity contribution is 0.362. The van der Waals surface area contributed by atoms with Crippen molar-refractivity contribution in [1.82, 2.24) is 20.6 Å². The summed E-state index contributed by atoms with van der Waals surface area (Å²) in [6, 6.07) is 16.5. The first-order valence-electron chi connectivity index (χ1n) is 9.45. The molecule has 2 aliphatic heterocycles. The van der Waals surface area contributed by atoms with Crippen molar-refractivity contribution in [3.05, 3.63) is 78.1 Å². The maximum atomic E-state index is 13.5. The van der Waals surface area contributed by atoms with Crippen molar-refractivity contribution < 1.29 is 8.42 Å². The van der Waals surface area contributed by atoms with Crippen LogP contribution in [0.2, 0.25) is 0 Å². The van der Waals surface area contributed by atoms with E-state index in [0.717, 1.165) is 22.4 Å². The van der Waals surface area contributed by atoms with Gasteiger partial charge < -0.3 is 5.43 Å². The molecule has 1 unspecified atom stereocenters. The number of hydrogen-bond donors (Lipinski definition) is 3. The summed E-state index contributed by atoms with van der Waals surface area (Å²) < 4.78 is 28.7. The van der Waals surface area contributed by atoms with E-state index >= 15 is 0 Å². The van der Waals surface area contributed by atoms with Crippen LogP contribution in [-0.4, -0.2) is 23.2 Å². The number of hydrogen-bond acceptors (Lipinski definition) is 7. The van der Waals surface area contributed by atoms with Crippen LogP contribution in [0.15, 0.2) is 76.9 Å². The van der Waals surface area contributed by atoms with Crippen molar-refractivity contribution in [2.45, 2.75) is 24.4 Å². The molecule has 0 fully saturated rings. The predicted molar refractivity (Wildman–Crippen MR) is 115 cm³/mol. The van der Waals surface area contributed by atoms with Crippen LogP contribution < -0.4 is 16.3 Å². The predicted octanol–water partition coefficient (Wildman–Crippen LogP) is 2.65. The van der Waals surface area contributed by atoms with Gasteiger partial charge in [-0.1, -0.05) is 48.0 Å². The van der Waals surface area contributed by atoms with Gasteiger partial charge in [-0.2, -0.15) is 10.2 Å². The molecule has 1 aromatic heterocycles. The van der Waals surface area contributed by atoms with Gasteiger partial charge in [0, 0.05) is 11.8 Å². The summed E-state index contributed by atoms with van der Waals surface area (Å²) in [6.45, 7) is 3.80. The van der Waals surface area contributed by atoms with Crippen LogP contribution in [-0.2, 0) is 15.5 Å². The summed E-state index contributed by atoms with van der Waals surface area (Å²) in [4.78, 5) is 0.172. The van der Waals surface area contributed by atoms with Gasteiger partial charge in [0.2, 0.25) is 20.5 Å². The van der Waals surface area contributed by atoms with Crippen LogP contribution in [0.1, 0.15) is 11.3 Å². The number of fused-ring (bicyclic) bond motifs is 2. The molecule has 9 heteroatoms. The number of nitrogens with zero attached hydrogens (tertiary/aromatic N) is 3. The molecule has 3 aromatic rings. The molecule has 2 aromatic carbocycles. The van der Waals surface area contributed by atoms with Crippen molar-refractivity contribution in [3.63, 3.8) is 0 Å². The second-order valence-corrected chi connectivity index (χ2v) is 9.17. The van der Waals surface area contributed by atoms with Crippen molar-refractivity contribution in [1.29, 1.82) is 0 Å². The van der Waals surface area contributed by atoms with Gasteiger partial charge in [-0.05, 0) is 37.6 Å². The Morgan fingerprint density at radius 2 is 1.73 bits per heavy atom. The number of benzene rings is 2. The number of anilines is 1. The molecule has 0 saturated carbocycles. The number of rotatable bonds is 2. The van der Waals surface area contributed by atoms with Gasteiger partial charge in [-0.25, -0.2) is 18.5 Å². The standard InChI is InChI=1S/C21H20N6O2S/c1-14-8-10-17(11-9-14)30(28,29)20-21(12-13-22-26-21)27-19(23-24-20)18(15(2)25-27)16-6-4-3-5-7-16/h3-13,22-23,26H,1-2H3. The van der Waals surface area contributed by atoms with E-state index < -0.39 is 15.5 Å². The zero-order valence-corrected chi connectivity index (χ0v) is 17.2. The summed E-state index contributed by atoms with van der Waals surface area (Å²) in [6.07, 6.45) is 3.36. The highest BCUT2D eigenvalue weighted by molar-refractivity contribution is 8.06. The Hall–Kier alpha value is -3.43. The molecule has 1 spiro atoms. The van der Waals surface area contributed by atoms with E-state index in [2.05, 4.69) is 26.5 Å². The zero-order chi connectivity index (χ0) is 20.9. The van der Waals surface area contributed by atoms with Gasteiger partial charge in [0.15, 0.2) is 5.82 Å². The Balaban J connectivity index is 1.70. The lowest BCUT2D eigenvalue weighted by atomic mass is 10.1. The Bertz CT molecular complexity index is 1290. The second kappa shape index (κ2) is 6.54. The average molecular weight is 420 g/mol. The number of aromatic nitrogens is 2. The van der Waals surface area contributed by atoms with Gasteiger partial charge in [0.05, 0.1) is 10.6 Å². The molecule has 0 bridgehead atoms. The minimum Gasteiger partial charge on any atom is -0.326 e. The van der Waals surface area contributed by atoms with Gasteiger partial charge in [-0.15, -0.1) is 0 Å². The van der Waals surface area contributed by atoms with Crippen LogP contribution in [0, 0.1) is 13.8 Å². The Morgan fingerprint density at radius 1 is 1.00 bits per heavy atom.